The van der Waals surface area contributed by atoms with Crippen molar-refractivity contribution in [3.8, 4) is 0 Å². The summed E-state index contributed by atoms with van der Waals surface area (Å²) in [5, 5.41) is 8.31. The Bertz CT molecular complexity index is 926. The van der Waals surface area contributed by atoms with Crippen molar-refractivity contribution in [2.45, 2.75) is 24.9 Å². The summed E-state index contributed by atoms with van der Waals surface area (Å²) in [6.45, 7) is 3.79. The summed E-state index contributed by atoms with van der Waals surface area (Å²) in [6, 6.07) is 10.1. The van der Waals surface area contributed by atoms with Crippen LogP contribution in [0.2, 0.25) is 5.02 Å². The number of nitrogens with one attached hydrogen (secondary N) is 1. The lowest BCUT2D eigenvalue weighted by atomic mass is 10.1. The molecule has 0 saturated heterocycles. The SMILES string of the molecule is Cc1ccc(N2C(=O)c3cc(S(N)(=O)=O)c(Cl)cc3NC2C)cc1. The van der Waals surface area contributed by atoms with Crippen LogP contribution in [0.4, 0.5) is 11.4 Å². The van der Waals surface area contributed by atoms with E-state index in [1.54, 1.807) is 4.90 Å². The molecule has 2 aromatic rings. The summed E-state index contributed by atoms with van der Waals surface area (Å²) < 4.78 is 23.3. The van der Waals surface area contributed by atoms with E-state index in [-0.39, 0.29) is 27.6 Å². The van der Waals surface area contributed by atoms with Gasteiger partial charge in [-0.3, -0.25) is 9.69 Å². The van der Waals surface area contributed by atoms with Gasteiger partial charge in [0.25, 0.3) is 5.91 Å². The predicted octanol–water partition coefficient (Wildman–Crippen LogP) is 2.71. The number of hydrogen-bond donors (Lipinski definition) is 2. The van der Waals surface area contributed by atoms with Crippen molar-refractivity contribution in [2.24, 2.45) is 5.14 Å². The topological polar surface area (TPSA) is 92.5 Å². The number of hydrogen-bond acceptors (Lipinski definition) is 4. The highest BCUT2D eigenvalue weighted by Crippen LogP contribution is 2.34. The van der Waals surface area contributed by atoms with Gasteiger partial charge in [0.15, 0.2) is 0 Å². The summed E-state index contributed by atoms with van der Waals surface area (Å²) in [4.78, 5) is 14.2. The fourth-order valence-corrected chi connectivity index (χ4v) is 3.81. The molecule has 8 heteroatoms. The Labute approximate surface area is 145 Å². The van der Waals surface area contributed by atoms with Crippen LogP contribution in [-0.2, 0) is 10.0 Å². The molecule has 1 heterocycles. The molecule has 1 aliphatic heterocycles. The van der Waals surface area contributed by atoms with E-state index in [0.29, 0.717) is 11.4 Å². The van der Waals surface area contributed by atoms with Crippen molar-refractivity contribution in [1.82, 2.24) is 0 Å². The van der Waals surface area contributed by atoms with Crippen LogP contribution in [0.25, 0.3) is 0 Å². The van der Waals surface area contributed by atoms with Crippen molar-refractivity contribution in [3.05, 3.63) is 52.5 Å². The molecule has 0 fully saturated rings. The van der Waals surface area contributed by atoms with Crippen LogP contribution in [0.3, 0.4) is 0 Å². The third-order valence-corrected chi connectivity index (χ3v) is 5.27. The van der Waals surface area contributed by atoms with E-state index in [0.717, 1.165) is 5.56 Å². The van der Waals surface area contributed by atoms with Gasteiger partial charge in [0.05, 0.1) is 16.3 Å². The Morgan fingerprint density at radius 2 is 1.83 bits per heavy atom. The Morgan fingerprint density at radius 3 is 2.42 bits per heavy atom. The molecule has 24 heavy (non-hydrogen) atoms. The van der Waals surface area contributed by atoms with Gasteiger partial charge < -0.3 is 5.32 Å². The van der Waals surface area contributed by atoms with Gasteiger partial charge in [-0.15, -0.1) is 0 Å². The van der Waals surface area contributed by atoms with Crippen LogP contribution >= 0.6 is 11.6 Å². The van der Waals surface area contributed by atoms with Crippen molar-refractivity contribution in [1.29, 1.82) is 0 Å². The van der Waals surface area contributed by atoms with E-state index in [2.05, 4.69) is 5.32 Å². The molecule has 6 nitrogen and oxygen atoms in total. The van der Waals surface area contributed by atoms with Gasteiger partial charge in [0, 0.05) is 5.69 Å². The minimum Gasteiger partial charge on any atom is -0.364 e. The van der Waals surface area contributed by atoms with Crippen LogP contribution in [0.15, 0.2) is 41.3 Å². The summed E-state index contributed by atoms with van der Waals surface area (Å²) in [5.74, 6) is -0.318. The lowest BCUT2D eigenvalue weighted by Gasteiger charge is -2.36. The molecule has 1 atom stereocenters. The van der Waals surface area contributed by atoms with E-state index in [1.807, 2.05) is 38.1 Å². The molecule has 2 aromatic carbocycles. The molecule has 1 unspecified atom stereocenters. The summed E-state index contributed by atoms with van der Waals surface area (Å²) in [6.07, 6.45) is -0.316. The van der Waals surface area contributed by atoms with Gasteiger partial charge in [-0.05, 0) is 38.1 Å². The molecule has 1 amide bonds. The summed E-state index contributed by atoms with van der Waals surface area (Å²) in [5.41, 5.74) is 2.48. The molecule has 0 saturated carbocycles. The van der Waals surface area contributed by atoms with Gasteiger partial charge in [-0.1, -0.05) is 29.3 Å². The number of fused-ring (bicyclic) bond motifs is 1. The highest BCUT2D eigenvalue weighted by Gasteiger charge is 2.32. The highest BCUT2D eigenvalue weighted by atomic mass is 35.5. The average molecular weight is 366 g/mol. The molecular weight excluding hydrogens is 350 g/mol. The number of rotatable bonds is 2. The van der Waals surface area contributed by atoms with Gasteiger partial charge in [0.1, 0.15) is 11.1 Å². The first-order chi connectivity index (χ1) is 11.2. The number of carbonyl (C=O) groups is 1. The van der Waals surface area contributed by atoms with E-state index >= 15 is 0 Å². The van der Waals surface area contributed by atoms with E-state index in [4.69, 9.17) is 16.7 Å². The Hall–Kier alpha value is -2.09. The first kappa shape index (κ1) is 16.8. The van der Waals surface area contributed by atoms with Crippen molar-refractivity contribution in [3.63, 3.8) is 0 Å². The number of halogens is 1. The van der Waals surface area contributed by atoms with Crippen molar-refractivity contribution >= 4 is 38.9 Å². The van der Waals surface area contributed by atoms with Gasteiger partial charge in [-0.2, -0.15) is 0 Å². The maximum atomic E-state index is 12.9. The van der Waals surface area contributed by atoms with E-state index in [1.165, 1.54) is 12.1 Å². The highest BCUT2D eigenvalue weighted by molar-refractivity contribution is 7.89. The second kappa shape index (κ2) is 5.77. The summed E-state index contributed by atoms with van der Waals surface area (Å²) >= 11 is 5.99. The molecule has 0 radical (unpaired) electrons. The molecule has 3 N–H and O–H groups in total. The second-order valence-electron chi connectivity index (χ2n) is 5.70. The van der Waals surface area contributed by atoms with Crippen LogP contribution in [0.5, 0.6) is 0 Å². The Kier molecular flexibility index (Phi) is 4.03. The average Bonchev–Trinajstić information content (AvgIpc) is 2.47. The van der Waals surface area contributed by atoms with Crippen molar-refractivity contribution < 1.29 is 13.2 Å². The number of aryl methyl sites for hydroxylation is 1. The minimum absolute atomic E-state index is 0.0208. The number of sulfonamides is 1. The number of nitrogens with zero attached hydrogens (tertiary/aromatic N) is 1. The standard InChI is InChI=1S/C16H16ClN3O3S/c1-9-3-5-11(6-4-9)20-10(2)19-14-8-13(17)15(24(18,22)23)7-12(14)16(20)21/h3-8,10,19H,1-2H3,(H2,18,22,23). The molecule has 0 spiro atoms. The zero-order valence-electron chi connectivity index (χ0n) is 13.1. The minimum atomic E-state index is -4.02. The van der Waals surface area contributed by atoms with Crippen LogP contribution in [0, 0.1) is 6.92 Å². The lowest BCUT2D eigenvalue weighted by molar-refractivity contribution is 0.0977. The molecule has 0 bridgehead atoms. The van der Waals surface area contributed by atoms with Crippen LogP contribution < -0.4 is 15.4 Å². The number of primary sulfonamides is 1. The molecule has 3 rings (SSSR count). The zero-order chi connectivity index (χ0) is 17.6. The second-order valence-corrected chi connectivity index (χ2v) is 7.64. The number of amides is 1. The smallest absolute Gasteiger partial charge is 0.262 e. The molecule has 0 aromatic heterocycles. The predicted molar refractivity (Wildman–Crippen MR) is 93.9 cm³/mol. The van der Waals surface area contributed by atoms with Gasteiger partial charge >= 0.3 is 0 Å². The lowest BCUT2D eigenvalue weighted by Crippen LogP contribution is -2.47. The Morgan fingerprint density at radius 1 is 1.21 bits per heavy atom. The van der Waals surface area contributed by atoms with Crippen LogP contribution in [-0.4, -0.2) is 20.5 Å². The number of carbonyl (C=O) groups excluding carboxylic acids is 1. The fourth-order valence-electron chi connectivity index (χ4n) is 2.71. The third kappa shape index (κ3) is 2.86. The first-order valence-electron chi connectivity index (χ1n) is 7.21. The van der Waals surface area contributed by atoms with E-state index in [9.17, 15) is 13.2 Å². The molecule has 0 aliphatic carbocycles. The quantitative estimate of drug-likeness (QED) is 0.855. The zero-order valence-corrected chi connectivity index (χ0v) is 14.6. The number of anilines is 2. The normalized spacial score (nSPS) is 17.4. The number of nitrogens with two attached hydrogens (primary N) is 1. The Balaban J connectivity index is 2.12. The fraction of sp³-hybridized carbons (Fsp3) is 0.188. The third-order valence-electron chi connectivity index (χ3n) is 3.89. The summed E-state index contributed by atoms with van der Waals surface area (Å²) in [7, 11) is -4.02. The molecular formula is C16H16ClN3O3S. The van der Waals surface area contributed by atoms with Gasteiger partial charge in [0.2, 0.25) is 10.0 Å². The number of benzene rings is 2. The van der Waals surface area contributed by atoms with Gasteiger partial charge in [-0.25, -0.2) is 13.6 Å². The largest absolute Gasteiger partial charge is 0.364 e. The molecule has 1 aliphatic rings. The monoisotopic (exact) mass is 365 g/mol. The molecule has 126 valence electrons. The van der Waals surface area contributed by atoms with Crippen LogP contribution in [0.1, 0.15) is 22.8 Å². The van der Waals surface area contributed by atoms with Crippen molar-refractivity contribution in [2.75, 3.05) is 10.2 Å². The maximum Gasteiger partial charge on any atom is 0.262 e. The maximum absolute atomic E-state index is 12.9. The first-order valence-corrected chi connectivity index (χ1v) is 9.14. The van der Waals surface area contributed by atoms with E-state index < -0.39 is 10.0 Å².